The highest BCUT2D eigenvalue weighted by atomic mass is 32.2. The molecule has 1 aromatic rings. The van der Waals surface area contributed by atoms with Crippen LogP contribution in [0.25, 0.3) is 0 Å². The fourth-order valence-electron chi connectivity index (χ4n) is 3.03. The fourth-order valence-corrected chi connectivity index (χ4v) is 4.14. The first kappa shape index (κ1) is 11.9. The highest BCUT2D eigenvalue weighted by Gasteiger charge is 2.35. The topological polar surface area (TPSA) is 46.2 Å². The molecule has 1 aromatic carbocycles. The van der Waals surface area contributed by atoms with Crippen molar-refractivity contribution in [3.05, 3.63) is 42.5 Å². The molecule has 0 radical (unpaired) electrons. The van der Waals surface area contributed by atoms with E-state index in [0.717, 1.165) is 6.42 Å². The van der Waals surface area contributed by atoms with Gasteiger partial charge < -0.3 is 0 Å². The molecule has 0 aromatic heterocycles. The Labute approximate surface area is 108 Å². The maximum absolute atomic E-state index is 12.1. The number of allylic oxidation sites excluding steroid dienone is 2. The van der Waals surface area contributed by atoms with Gasteiger partial charge in [0, 0.05) is 6.54 Å². The maximum atomic E-state index is 12.1. The SMILES string of the molecule is O=S(=O)(NC[C@@H]1C[C@@H]2C=C[C@H]1C2)c1ccccc1. The molecule has 0 amide bonds. The van der Waals surface area contributed by atoms with Crippen molar-refractivity contribution in [1.29, 1.82) is 0 Å². The molecule has 18 heavy (non-hydrogen) atoms. The average Bonchev–Trinajstić information content (AvgIpc) is 3.00. The van der Waals surface area contributed by atoms with Crippen molar-refractivity contribution in [2.75, 3.05) is 6.54 Å². The van der Waals surface area contributed by atoms with Gasteiger partial charge in [-0.2, -0.15) is 0 Å². The summed E-state index contributed by atoms with van der Waals surface area (Å²) in [6.07, 6.45) is 6.85. The van der Waals surface area contributed by atoms with Crippen LogP contribution in [0.4, 0.5) is 0 Å². The Hall–Kier alpha value is -1.13. The highest BCUT2D eigenvalue weighted by molar-refractivity contribution is 7.89. The summed E-state index contributed by atoms with van der Waals surface area (Å²) in [6, 6.07) is 8.56. The molecule has 2 aliphatic carbocycles. The zero-order valence-corrected chi connectivity index (χ0v) is 10.9. The second-order valence-corrected chi connectivity index (χ2v) is 6.97. The summed E-state index contributed by atoms with van der Waals surface area (Å²) in [6.45, 7) is 0.558. The molecule has 3 rings (SSSR count). The normalized spacial score (nSPS) is 29.9. The zero-order chi connectivity index (χ0) is 12.6. The Morgan fingerprint density at radius 3 is 2.50 bits per heavy atom. The lowest BCUT2D eigenvalue weighted by atomic mass is 9.94. The van der Waals surface area contributed by atoms with Gasteiger partial charge in [0.1, 0.15) is 0 Å². The number of fused-ring (bicyclic) bond motifs is 2. The molecule has 0 spiro atoms. The van der Waals surface area contributed by atoms with Crippen LogP contribution in [0.1, 0.15) is 12.8 Å². The summed E-state index contributed by atoms with van der Waals surface area (Å²) in [5, 5.41) is 0. The Morgan fingerprint density at radius 1 is 1.11 bits per heavy atom. The van der Waals surface area contributed by atoms with Gasteiger partial charge in [-0.05, 0) is 42.7 Å². The van der Waals surface area contributed by atoms with Gasteiger partial charge in [0.25, 0.3) is 0 Å². The molecule has 0 unspecified atom stereocenters. The minimum Gasteiger partial charge on any atom is -0.211 e. The van der Waals surface area contributed by atoms with Gasteiger partial charge in [-0.3, -0.25) is 0 Å². The standard InChI is InChI=1S/C14H17NO2S/c16-18(17,14-4-2-1-3-5-14)15-10-13-9-11-6-7-12(13)8-11/h1-7,11-13,15H,8-10H2/t11-,12+,13+/m1/s1. The van der Waals surface area contributed by atoms with Crippen molar-refractivity contribution in [3.63, 3.8) is 0 Å². The van der Waals surface area contributed by atoms with E-state index in [1.807, 2.05) is 6.07 Å². The number of rotatable bonds is 4. The second kappa shape index (κ2) is 4.52. The van der Waals surface area contributed by atoms with Gasteiger partial charge in [-0.1, -0.05) is 30.4 Å². The van der Waals surface area contributed by atoms with E-state index in [9.17, 15) is 8.42 Å². The molecule has 2 aliphatic rings. The van der Waals surface area contributed by atoms with Crippen LogP contribution in [0, 0.1) is 17.8 Å². The third-order valence-corrected chi connectivity index (χ3v) is 5.44. The van der Waals surface area contributed by atoms with Gasteiger partial charge in [0.15, 0.2) is 0 Å². The van der Waals surface area contributed by atoms with Gasteiger partial charge in [0.05, 0.1) is 4.90 Å². The van der Waals surface area contributed by atoms with Crippen LogP contribution in [-0.2, 0) is 10.0 Å². The van der Waals surface area contributed by atoms with Crippen LogP contribution in [0.15, 0.2) is 47.4 Å². The third-order valence-electron chi connectivity index (χ3n) is 4.01. The molecule has 1 saturated carbocycles. The third kappa shape index (κ3) is 2.22. The van der Waals surface area contributed by atoms with Crippen LogP contribution in [0.2, 0.25) is 0 Å². The van der Waals surface area contributed by atoms with Gasteiger partial charge >= 0.3 is 0 Å². The van der Waals surface area contributed by atoms with Crippen LogP contribution < -0.4 is 4.72 Å². The van der Waals surface area contributed by atoms with Crippen LogP contribution in [0.3, 0.4) is 0 Å². The van der Waals surface area contributed by atoms with Crippen LogP contribution in [-0.4, -0.2) is 15.0 Å². The molecule has 3 nitrogen and oxygen atoms in total. The van der Waals surface area contributed by atoms with E-state index in [1.54, 1.807) is 24.3 Å². The number of hydrogen-bond donors (Lipinski definition) is 1. The molecule has 0 heterocycles. The van der Waals surface area contributed by atoms with Crippen molar-refractivity contribution >= 4 is 10.0 Å². The summed E-state index contributed by atoms with van der Waals surface area (Å²) >= 11 is 0. The van der Waals surface area contributed by atoms with E-state index in [-0.39, 0.29) is 0 Å². The molecular weight excluding hydrogens is 246 g/mol. The molecule has 2 bridgehead atoms. The molecule has 96 valence electrons. The average molecular weight is 263 g/mol. The molecule has 1 N–H and O–H groups in total. The highest BCUT2D eigenvalue weighted by Crippen LogP contribution is 2.43. The molecule has 1 fully saturated rings. The summed E-state index contributed by atoms with van der Waals surface area (Å²) in [7, 11) is -3.34. The lowest BCUT2D eigenvalue weighted by molar-refractivity contribution is 0.440. The van der Waals surface area contributed by atoms with E-state index in [2.05, 4.69) is 16.9 Å². The van der Waals surface area contributed by atoms with E-state index in [4.69, 9.17) is 0 Å². The lowest BCUT2D eigenvalue weighted by Gasteiger charge is -2.18. The minimum absolute atomic E-state index is 0.351. The van der Waals surface area contributed by atoms with Crippen LogP contribution in [0.5, 0.6) is 0 Å². The largest absolute Gasteiger partial charge is 0.240 e. The van der Waals surface area contributed by atoms with Gasteiger partial charge in [-0.15, -0.1) is 0 Å². The molecule has 3 atom stereocenters. The minimum atomic E-state index is -3.34. The van der Waals surface area contributed by atoms with Crippen molar-refractivity contribution in [3.8, 4) is 0 Å². The number of benzene rings is 1. The van der Waals surface area contributed by atoms with E-state index < -0.39 is 10.0 Å². The predicted molar refractivity (Wildman–Crippen MR) is 70.5 cm³/mol. The Kier molecular flexibility index (Phi) is 2.99. The summed E-state index contributed by atoms with van der Waals surface area (Å²) in [5.41, 5.74) is 0. The Bertz CT molecular complexity index is 550. The number of hydrogen-bond acceptors (Lipinski definition) is 2. The molecule has 4 heteroatoms. The first-order valence-electron chi connectivity index (χ1n) is 6.38. The maximum Gasteiger partial charge on any atom is 0.240 e. The van der Waals surface area contributed by atoms with Crippen molar-refractivity contribution in [2.24, 2.45) is 17.8 Å². The Morgan fingerprint density at radius 2 is 1.89 bits per heavy atom. The van der Waals surface area contributed by atoms with Crippen molar-refractivity contribution in [1.82, 2.24) is 4.72 Å². The van der Waals surface area contributed by atoms with Gasteiger partial charge in [0.2, 0.25) is 10.0 Å². The molecule has 0 saturated heterocycles. The van der Waals surface area contributed by atoms with E-state index in [0.29, 0.717) is 29.2 Å². The number of nitrogens with one attached hydrogen (secondary N) is 1. The summed E-state index contributed by atoms with van der Waals surface area (Å²) < 4.78 is 26.9. The van der Waals surface area contributed by atoms with Crippen LogP contribution >= 0.6 is 0 Å². The monoisotopic (exact) mass is 263 g/mol. The van der Waals surface area contributed by atoms with Crippen molar-refractivity contribution in [2.45, 2.75) is 17.7 Å². The first-order valence-corrected chi connectivity index (χ1v) is 7.86. The number of sulfonamides is 1. The first-order chi connectivity index (χ1) is 8.65. The van der Waals surface area contributed by atoms with Gasteiger partial charge in [-0.25, -0.2) is 13.1 Å². The predicted octanol–water partition coefficient (Wildman–Crippen LogP) is 2.18. The van der Waals surface area contributed by atoms with Crippen molar-refractivity contribution < 1.29 is 8.42 Å². The Balaban J connectivity index is 1.65. The molecular formula is C14H17NO2S. The quantitative estimate of drug-likeness (QED) is 0.846. The molecule has 0 aliphatic heterocycles. The smallest absolute Gasteiger partial charge is 0.211 e. The summed E-state index contributed by atoms with van der Waals surface area (Å²) in [5.74, 6) is 1.73. The lowest BCUT2D eigenvalue weighted by Crippen LogP contribution is -2.31. The fraction of sp³-hybridized carbons (Fsp3) is 0.429. The second-order valence-electron chi connectivity index (χ2n) is 5.21. The summed E-state index contributed by atoms with van der Waals surface area (Å²) in [4.78, 5) is 0.351. The van der Waals surface area contributed by atoms with E-state index >= 15 is 0 Å². The van der Waals surface area contributed by atoms with E-state index in [1.165, 1.54) is 6.42 Å². The zero-order valence-electron chi connectivity index (χ0n) is 10.1.